The number of rotatable bonds is 2. The summed E-state index contributed by atoms with van der Waals surface area (Å²) >= 11 is 0. The maximum Gasteiger partial charge on any atom is 0.0638 e. The lowest BCUT2D eigenvalue weighted by Crippen LogP contribution is -2.45. The molecule has 0 spiro atoms. The first kappa shape index (κ1) is 12.2. The highest BCUT2D eigenvalue weighted by Gasteiger charge is 2.30. The zero-order valence-corrected chi connectivity index (χ0v) is 11.2. The van der Waals surface area contributed by atoms with Gasteiger partial charge < -0.3 is 10.0 Å². The van der Waals surface area contributed by atoms with Crippen molar-refractivity contribution < 1.29 is 5.11 Å². The summed E-state index contributed by atoms with van der Waals surface area (Å²) in [5, 5.41) is 9.72. The van der Waals surface area contributed by atoms with Crippen LogP contribution in [0.15, 0.2) is 54.6 Å². The van der Waals surface area contributed by atoms with Crippen molar-refractivity contribution in [2.75, 3.05) is 11.5 Å². The van der Waals surface area contributed by atoms with E-state index in [1.165, 1.54) is 16.8 Å². The van der Waals surface area contributed by atoms with Gasteiger partial charge in [-0.05, 0) is 36.6 Å². The lowest BCUT2D eigenvalue weighted by molar-refractivity contribution is 0.247. The summed E-state index contributed by atoms with van der Waals surface area (Å²) < 4.78 is 0. The van der Waals surface area contributed by atoms with Crippen LogP contribution < -0.4 is 4.90 Å². The number of nitrogens with zero attached hydrogens (tertiary/aromatic N) is 1. The van der Waals surface area contributed by atoms with E-state index in [1.54, 1.807) is 0 Å². The van der Waals surface area contributed by atoms with Gasteiger partial charge in [-0.15, -0.1) is 0 Å². The highest BCUT2D eigenvalue weighted by molar-refractivity contribution is 5.53. The topological polar surface area (TPSA) is 23.5 Å². The molecule has 0 bridgehead atoms. The molecule has 2 aromatic rings. The Morgan fingerprint density at radius 3 is 2.47 bits per heavy atom. The summed E-state index contributed by atoms with van der Waals surface area (Å²) in [7, 11) is 0. The summed E-state index contributed by atoms with van der Waals surface area (Å²) in [6.07, 6.45) is 0.909. The second-order valence-electron chi connectivity index (χ2n) is 5.16. The fraction of sp³-hybridized carbons (Fsp3) is 0.294. The standard InChI is InChI=1S/C17H19NO/c1-13-17-10-6-5-7-14(17)11-16(12-19)18(13)15-8-3-2-4-9-15/h2-10,13,16,19H,11-12H2,1H3. The van der Waals surface area contributed by atoms with E-state index in [9.17, 15) is 5.11 Å². The molecule has 1 heterocycles. The van der Waals surface area contributed by atoms with Crippen LogP contribution in [0.2, 0.25) is 0 Å². The highest BCUT2D eigenvalue weighted by Crippen LogP contribution is 2.36. The molecule has 2 nitrogen and oxygen atoms in total. The molecule has 98 valence electrons. The Hall–Kier alpha value is -1.80. The molecule has 0 saturated heterocycles. The van der Waals surface area contributed by atoms with Gasteiger partial charge in [-0.1, -0.05) is 42.5 Å². The quantitative estimate of drug-likeness (QED) is 0.888. The molecule has 0 saturated carbocycles. The lowest BCUT2D eigenvalue weighted by atomic mass is 9.88. The Balaban J connectivity index is 2.04. The Kier molecular flexibility index (Phi) is 3.26. The van der Waals surface area contributed by atoms with Gasteiger partial charge >= 0.3 is 0 Å². The summed E-state index contributed by atoms with van der Waals surface area (Å²) in [5.41, 5.74) is 3.92. The van der Waals surface area contributed by atoms with E-state index in [0.29, 0.717) is 6.04 Å². The number of para-hydroxylation sites is 1. The zero-order valence-electron chi connectivity index (χ0n) is 11.2. The van der Waals surface area contributed by atoms with Crippen molar-refractivity contribution in [1.29, 1.82) is 0 Å². The van der Waals surface area contributed by atoms with E-state index >= 15 is 0 Å². The molecule has 2 aromatic carbocycles. The summed E-state index contributed by atoms with van der Waals surface area (Å²) in [5.74, 6) is 0. The van der Waals surface area contributed by atoms with Gasteiger partial charge in [0, 0.05) is 5.69 Å². The van der Waals surface area contributed by atoms with Crippen LogP contribution >= 0.6 is 0 Å². The van der Waals surface area contributed by atoms with Crippen molar-refractivity contribution in [2.45, 2.75) is 25.4 Å². The van der Waals surface area contributed by atoms with Crippen molar-refractivity contribution in [3.05, 3.63) is 65.7 Å². The number of benzene rings is 2. The van der Waals surface area contributed by atoms with E-state index in [2.05, 4.69) is 60.4 Å². The van der Waals surface area contributed by atoms with Gasteiger partial charge in [0.05, 0.1) is 18.7 Å². The zero-order chi connectivity index (χ0) is 13.2. The van der Waals surface area contributed by atoms with Crippen molar-refractivity contribution in [1.82, 2.24) is 0 Å². The molecule has 0 radical (unpaired) electrons. The minimum absolute atomic E-state index is 0.160. The SMILES string of the molecule is CC1c2ccccc2CC(CO)N1c1ccccc1. The fourth-order valence-corrected chi connectivity index (χ4v) is 3.13. The van der Waals surface area contributed by atoms with Crippen LogP contribution in [-0.4, -0.2) is 17.8 Å². The third-order valence-electron chi connectivity index (χ3n) is 4.04. The molecule has 1 aliphatic rings. The predicted octanol–water partition coefficient (Wildman–Crippen LogP) is 3.17. The highest BCUT2D eigenvalue weighted by atomic mass is 16.3. The molecular formula is C17H19NO. The number of anilines is 1. The molecule has 3 rings (SSSR count). The Morgan fingerprint density at radius 1 is 1.05 bits per heavy atom. The third kappa shape index (κ3) is 2.13. The second kappa shape index (κ2) is 5.06. The lowest BCUT2D eigenvalue weighted by Gasteiger charge is -2.43. The van der Waals surface area contributed by atoms with Crippen molar-refractivity contribution in [2.24, 2.45) is 0 Å². The molecule has 1 aliphatic heterocycles. The van der Waals surface area contributed by atoms with E-state index in [0.717, 1.165) is 6.42 Å². The van der Waals surface area contributed by atoms with E-state index < -0.39 is 0 Å². The molecule has 2 atom stereocenters. The molecule has 0 aromatic heterocycles. The molecule has 2 unspecified atom stereocenters. The van der Waals surface area contributed by atoms with Crippen LogP contribution in [0.25, 0.3) is 0 Å². The van der Waals surface area contributed by atoms with Gasteiger partial charge in [0.15, 0.2) is 0 Å². The van der Waals surface area contributed by atoms with Crippen LogP contribution in [0.1, 0.15) is 24.1 Å². The molecule has 0 fully saturated rings. The molecular weight excluding hydrogens is 234 g/mol. The molecule has 19 heavy (non-hydrogen) atoms. The number of hydrogen-bond donors (Lipinski definition) is 1. The van der Waals surface area contributed by atoms with Crippen molar-refractivity contribution in [3.8, 4) is 0 Å². The van der Waals surface area contributed by atoms with Crippen molar-refractivity contribution in [3.63, 3.8) is 0 Å². The van der Waals surface area contributed by atoms with Crippen molar-refractivity contribution >= 4 is 5.69 Å². The van der Waals surface area contributed by atoms with Gasteiger partial charge in [0.1, 0.15) is 0 Å². The van der Waals surface area contributed by atoms with Gasteiger partial charge in [-0.3, -0.25) is 0 Å². The smallest absolute Gasteiger partial charge is 0.0638 e. The van der Waals surface area contributed by atoms with Gasteiger partial charge in [-0.2, -0.15) is 0 Å². The second-order valence-corrected chi connectivity index (χ2v) is 5.16. The molecule has 2 heteroatoms. The minimum Gasteiger partial charge on any atom is -0.394 e. The Labute approximate surface area is 114 Å². The van der Waals surface area contributed by atoms with Gasteiger partial charge in [0.25, 0.3) is 0 Å². The number of aliphatic hydroxyl groups is 1. The Bertz CT molecular complexity index is 552. The number of fused-ring (bicyclic) bond motifs is 1. The van der Waals surface area contributed by atoms with Crippen LogP contribution in [-0.2, 0) is 6.42 Å². The van der Waals surface area contributed by atoms with Crippen LogP contribution in [0.5, 0.6) is 0 Å². The van der Waals surface area contributed by atoms with Gasteiger partial charge in [-0.25, -0.2) is 0 Å². The summed E-state index contributed by atoms with van der Waals surface area (Å²) in [4.78, 5) is 2.34. The van der Waals surface area contributed by atoms with E-state index in [4.69, 9.17) is 0 Å². The van der Waals surface area contributed by atoms with E-state index in [-0.39, 0.29) is 12.6 Å². The van der Waals surface area contributed by atoms with Crippen LogP contribution in [0.4, 0.5) is 5.69 Å². The third-order valence-corrected chi connectivity index (χ3v) is 4.04. The predicted molar refractivity (Wildman–Crippen MR) is 78.4 cm³/mol. The Morgan fingerprint density at radius 2 is 1.74 bits per heavy atom. The fourth-order valence-electron chi connectivity index (χ4n) is 3.13. The first-order valence-corrected chi connectivity index (χ1v) is 6.83. The monoisotopic (exact) mass is 253 g/mol. The maximum atomic E-state index is 9.72. The average Bonchev–Trinajstić information content (AvgIpc) is 2.48. The molecule has 1 N–H and O–H groups in total. The minimum atomic E-state index is 0.160. The molecule has 0 amide bonds. The number of hydrogen-bond acceptors (Lipinski definition) is 2. The van der Waals surface area contributed by atoms with Gasteiger partial charge in [0.2, 0.25) is 0 Å². The first-order chi connectivity index (χ1) is 9.31. The largest absolute Gasteiger partial charge is 0.394 e. The maximum absolute atomic E-state index is 9.72. The number of aliphatic hydroxyl groups excluding tert-OH is 1. The molecule has 0 aliphatic carbocycles. The normalized spacial score (nSPS) is 22.1. The summed E-state index contributed by atoms with van der Waals surface area (Å²) in [6, 6.07) is 19.4. The van der Waals surface area contributed by atoms with Crippen LogP contribution in [0, 0.1) is 0 Å². The average molecular weight is 253 g/mol. The first-order valence-electron chi connectivity index (χ1n) is 6.83. The van der Waals surface area contributed by atoms with E-state index in [1.807, 2.05) is 6.07 Å². The van der Waals surface area contributed by atoms with Crippen LogP contribution in [0.3, 0.4) is 0 Å². The summed E-state index contributed by atoms with van der Waals surface area (Å²) in [6.45, 7) is 2.40.